The predicted octanol–water partition coefficient (Wildman–Crippen LogP) is 3.26. The Balaban J connectivity index is 0.00000200. The van der Waals surface area contributed by atoms with Crippen molar-refractivity contribution in [3.63, 3.8) is 0 Å². The third kappa shape index (κ3) is 5.61. The van der Waals surface area contributed by atoms with E-state index in [0.717, 1.165) is 25.3 Å². The average molecular weight is 303 g/mol. The zero-order valence-corrected chi connectivity index (χ0v) is 13.6. The molecule has 0 radical (unpaired) electrons. The Kier molecular flexibility index (Phi) is 7.90. The molecule has 0 aliphatic heterocycles. The van der Waals surface area contributed by atoms with Gasteiger partial charge in [-0.3, -0.25) is 4.79 Å². The molecule has 2 aliphatic carbocycles. The first-order valence-electron chi connectivity index (χ1n) is 8.17. The lowest BCUT2D eigenvalue weighted by Gasteiger charge is -2.29. The van der Waals surface area contributed by atoms with E-state index >= 15 is 0 Å². The fraction of sp³-hybridized carbons (Fsp3) is 0.938. The quantitative estimate of drug-likeness (QED) is 0.837. The molecule has 0 spiro atoms. The summed E-state index contributed by atoms with van der Waals surface area (Å²) >= 11 is 0. The predicted molar refractivity (Wildman–Crippen MR) is 85.9 cm³/mol. The average Bonchev–Trinajstić information content (AvgIpc) is 2.41. The van der Waals surface area contributed by atoms with Crippen LogP contribution in [0.1, 0.15) is 64.7 Å². The molecule has 3 nitrogen and oxygen atoms in total. The van der Waals surface area contributed by atoms with Gasteiger partial charge in [-0.1, -0.05) is 32.6 Å². The van der Waals surface area contributed by atoms with Crippen LogP contribution in [0, 0.1) is 17.8 Å². The van der Waals surface area contributed by atoms with E-state index in [0.29, 0.717) is 18.3 Å². The largest absolute Gasteiger partial charge is 0.356 e. The second-order valence-electron chi connectivity index (χ2n) is 6.84. The molecule has 0 bridgehead atoms. The Morgan fingerprint density at radius 3 is 2.40 bits per heavy atom. The van der Waals surface area contributed by atoms with Crippen LogP contribution in [0.4, 0.5) is 0 Å². The van der Waals surface area contributed by atoms with Crippen molar-refractivity contribution >= 4 is 18.3 Å². The van der Waals surface area contributed by atoms with Gasteiger partial charge in [-0.15, -0.1) is 12.4 Å². The Morgan fingerprint density at radius 1 is 1.10 bits per heavy atom. The minimum Gasteiger partial charge on any atom is -0.356 e. The molecular weight excluding hydrogens is 272 g/mol. The molecule has 0 heterocycles. The summed E-state index contributed by atoms with van der Waals surface area (Å²) < 4.78 is 0. The van der Waals surface area contributed by atoms with Gasteiger partial charge in [-0.2, -0.15) is 0 Å². The molecule has 0 aromatic carbocycles. The molecule has 2 fully saturated rings. The molecule has 0 aromatic rings. The van der Waals surface area contributed by atoms with E-state index in [1.807, 2.05) is 0 Å². The van der Waals surface area contributed by atoms with Crippen molar-refractivity contribution < 1.29 is 4.79 Å². The summed E-state index contributed by atoms with van der Waals surface area (Å²) in [5.41, 5.74) is 6.10. The van der Waals surface area contributed by atoms with Gasteiger partial charge in [0.05, 0.1) is 0 Å². The van der Waals surface area contributed by atoms with Gasteiger partial charge in [-0.25, -0.2) is 0 Å². The van der Waals surface area contributed by atoms with E-state index in [9.17, 15) is 4.79 Å². The smallest absolute Gasteiger partial charge is 0.220 e. The summed E-state index contributed by atoms with van der Waals surface area (Å²) in [5.74, 6) is 2.23. The molecule has 2 saturated carbocycles. The van der Waals surface area contributed by atoms with Gasteiger partial charge >= 0.3 is 0 Å². The van der Waals surface area contributed by atoms with E-state index < -0.39 is 0 Å². The van der Waals surface area contributed by atoms with Gasteiger partial charge < -0.3 is 11.1 Å². The first kappa shape index (κ1) is 17.8. The topological polar surface area (TPSA) is 55.1 Å². The van der Waals surface area contributed by atoms with Crippen molar-refractivity contribution in [1.29, 1.82) is 0 Å². The minimum absolute atomic E-state index is 0. The molecule has 2 unspecified atom stereocenters. The summed E-state index contributed by atoms with van der Waals surface area (Å²) in [5, 5.41) is 3.14. The summed E-state index contributed by atoms with van der Waals surface area (Å²) in [4.78, 5) is 12.0. The number of halogens is 1. The molecule has 118 valence electrons. The summed E-state index contributed by atoms with van der Waals surface area (Å²) in [7, 11) is 0. The van der Waals surface area contributed by atoms with Gasteiger partial charge in [0.2, 0.25) is 5.91 Å². The highest BCUT2D eigenvalue weighted by Crippen LogP contribution is 2.28. The number of rotatable bonds is 4. The van der Waals surface area contributed by atoms with Crippen LogP contribution < -0.4 is 11.1 Å². The summed E-state index contributed by atoms with van der Waals surface area (Å²) in [6.45, 7) is 3.22. The van der Waals surface area contributed by atoms with Crippen molar-refractivity contribution in [2.45, 2.75) is 70.8 Å². The molecule has 20 heavy (non-hydrogen) atoms. The van der Waals surface area contributed by atoms with Crippen LogP contribution in [0.25, 0.3) is 0 Å². The van der Waals surface area contributed by atoms with Gasteiger partial charge in [-0.05, 0) is 43.4 Å². The number of amides is 1. The lowest BCUT2D eigenvalue weighted by Crippen LogP contribution is -2.38. The highest BCUT2D eigenvalue weighted by molar-refractivity contribution is 5.85. The first-order valence-corrected chi connectivity index (χ1v) is 8.17. The minimum atomic E-state index is 0. The van der Waals surface area contributed by atoms with Gasteiger partial charge in [0.1, 0.15) is 0 Å². The fourth-order valence-corrected chi connectivity index (χ4v) is 3.59. The van der Waals surface area contributed by atoms with Gasteiger partial charge in [0.25, 0.3) is 0 Å². The molecule has 0 aromatic heterocycles. The third-order valence-electron chi connectivity index (χ3n) is 5.14. The Hall–Kier alpha value is -0.280. The SMILES string of the molecule is CC1CCC(CNC(=O)CC2CCCCC2N)CC1.Cl. The third-order valence-corrected chi connectivity index (χ3v) is 5.14. The molecular formula is C16H31ClN2O. The second kappa shape index (κ2) is 8.89. The lowest BCUT2D eigenvalue weighted by atomic mass is 9.82. The molecule has 4 heteroatoms. The number of carbonyl (C=O) groups is 1. The van der Waals surface area contributed by atoms with Crippen molar-refractivity contribution in [3.05, 3.63) is 0 Å². The number of nitrogens with two attached hydrogens (primary N) is 1. The molecule has 2 rings (SSSR count). The molecule has 2 atom stereocenters. The maximum atomic E-state index is 12.0. The van der Waals surface area contributed by atoms with Crippen LogP contribution in [-0.2, 0) is 4.79 Å². The van der Waals surface area contributed by atoms with E-state index in [4.69, 9.17) is 5.73 Å². The van der Waals surface area contributed by atoms with Crippen molar-refractivity contribution in [3.8, 4) is 0 Å². The first-order chi connectivity index (χ1) is 9.15. The monoisotopic (exact) mass is 302 g/mol. The van der Waals surface area contributed by atoms with Crippen LogP contribution in [0.3, 0.4) is 0 Å². The summed E-state index contributed by atoms with van der Waals surface area (Å²) in [6, 6.07) is 0.245. The van der Waals surface area contributed by atoms with Crippen LogP contribution >= 0.6 is 12.4 Å². The normalized spacial score (nSPS) is 34.1. The molecule has 2 aliphatic rings. The van der Waals surface area contributed by atoms with Crippen molar-refractivity contribution in [2.75, 3.05) is 6.54 Å². The number of carbonyl (C=O) groups excluding carboxylic acids is 1. The van der Waals surface area contributed by atoms with Crippen LogP contribution in [-0.4, -0.2) is 18.5 Å². The van der Waals surface area contributed by atoms with E-state index in [1.54, 1.807) is 0 Å². The molecule has 1 amide bonds. The Bertz CT molecular complexity index is 290. The maximum absolute atomic E-state index is 12.0. The zero-order valence-electron chi connectivity index (χ0n) is 12.8. The van der Waals surface area contributed by atoms with Crippen molar-refractivity contribution in [1.82, 2.24) is 5.32 Å². The summed E-state index contributed by atoms with van der Waals surface area (Å²) in [6.07, 6.45) is 10.6. The number of hydrogen-bond acceptors (Lipinski definition) is 2. The molecule has 0 saturated heterocycles. The van der Waals surface area contributed by atoms with E-state index in [-0.39, 0.29) is 24.4 Å². The van der Waals surface area contributed by atoms with Gasteiger partial charge in [0, 0.05) is 19.0 Å². The van der Waals surface area contributed by atoms with Crippen molar-refractivity contribution in [2.24, 2.45) is 23.5 Å². The lowest BCUT2D eigenvalue weighted by molar-refractivity contribution is -0.122. The second-order valence-corrected chi connectivity index (χ2v) is 6.84. The number of hydrogen-bond donors (Lipinski definition) is 2. The Labute approximate surface area is 129 Å². The van der Waals surface area contributed by atoms with Gasteiger partial charge in [0.15, 0.2) is 0 Å². The van der Waals surface area contributed by atoms with Crippen LogP contribution in [0.2, 0.25) is 0 Å². The maximum Gasteiger partial charge on any atom is 0.220 e. The Morgan fingerprint density at radius 2 is 1.75 bits per heavy atom. The highest BCUT2D eigenvalue weighted by atomic mass is 35.5. The molecule has 3 N–H and O–H groups in total. The standard InChI is InChI=1S/C16H30N2O.ClH/c1-12-6-8-13(9-7-12)11-18-16(19)10-14-4-2-3-5-15(14)17;/h12-15H,2-11,17H2,1H3,(H,18,19);1H. The highest BCUT2D eigenvalue weighted by Gasteiger charge is 2.24. The zero-order chi connectivity index (χ0) is 13.7. The van der Waals surface area contributed by atoms with E-state index in [2.05, 4.69) is 12.2 Å². The van der Waals surface area contributed by atoms with E-state index in [1.165, 1.54) is 38.5 Å². The van der Waals surface area contributed by atoms with Crippen LogP contribution in [0.5, 0.6) is 0 Å². The fourth-order valence-electron chi connectivity index (χ4n) is 3.59. The number of nitrogens with one attached hydrogen (secondary N) is 1. The van der Waals surface area contributed by atoms with Crippen LogP contribution in [0.15, 0.2) is 0 Å².